The van der Waals surface area contributed by atoms with Crippen molar-refractivity contribution in [3.05, 3.63) is 52.8 Å². The molecule has 0 aliphatic carbocycles. The highest BCUT2D eigenvalue weighted by Gasteiger charge is 2.19. The lowest BCUT2D eigenvalue weighted by molar-refractivity contribution is 0.407. The summed E-state index contributed by atoms with van der Waals surface area (Å²) in [6.07, 6.45) is 2.73. The Hall–Kier alpha value is -1.74. The zero-order chi connectivity index (χ0) is 13.2. The van der Waals surface area contributed by atoms with Gasteiger partial charge < -0.3 is 9.64 Å². The van der Waals surface area contributed by atoms with E-state index in [0.717, 1.165) is 30.9 Å². The third-order valence-corrected chi connectivity index (χ3v) is 3.72. The molecule has 3 rings (SSSR count). The second kappa shape index (κ2) is 5.10. The van der Waals surface area contributed by atoms with Gasteiger partial charge in [-0.25, -0.2) is 4.98 Å². The molecule has 0 radical (unpaired) electrons. The molecule has 1 aromatic carbocycles. The number of methoxy groups -OCH3 is 1. The van der Waals surface area contributed by atoms with E-state index in [-0.39, 0.29) is 0 Å². The molecule has 1 aromatic heterocycles. The third kappa shape index (κ3) is 2.38. The first-order valence-electron chi connectivity index (χ1n) is 6.29. The van der Waals surface area contributed by atoms with Crippen molar-refractivity contribution in [1.29, 1.82) is 0 Å². The lowest BCUT2D eigenvalue weighted by Crippen LogP contribution is -2.30. The average molecular weight is 275 g/mol. The smallest absolute Gasteiger partial charge is 0.131 e. The van der Waals surface area contributed by atoms with Crippen LogP contribution in [0.4, 0.5) is 5.69 Å². The van der Waals surface area contributed by atoms with E-state index >= 15 is 0 Å². The summed E-state index contributed by atoms with van der Waals surface area (Å²) in [4.78, 5) is 6.34. The first-order valence-corrected chi connectivity index (χ1v) is 6.67. The topological polar surface area (TPSA) is 25.4 Å². The molecule has 1 aliphatic rings. The lowest BCUT2D eigenvalue weighted by atomic mass is 9.98. The Balaban J connectivity index is 1.90. The van der Waals surface area contributed by atoms with Crippen molar-refractivity contribution in [3.8, 4) is 5.75 Å². The summed E-state index contributed by atoms with van der Waals surface area (Å²) in [7, 11) is 1.73. The second-order valence-corrected chi connectivity index (χ2v) is 4.99. The van der Waals surface area contributed by atoms with Crippen molar-refractivity contribution in [1.82, 2.24) is 4.98 Å². The minimum Gasteiger partial charge on any atom is -0.496 e. The molecule has 0 amide bonds. The highest BCUT2D eigenvalue weighted by molar-refractivity contribution is 6.29. The predicted octanol–water partition coefficient (Wildman–Crippen LogP) is 3.31. The molecule has 0 unspecified atom stereocenters. The number of nitrogens with zero attached hydrogens (tertiary/aromatic N) is 2. The molecule has 1 aliphatic heterocycles. The Kier molecular flexibility index (Phi) is 3.30. The zero-order valence-corrected chi connectivity index (χ0v) is 11.5. The van der Waals surface area contributed by atoms with Crippen LogP contribution in [0.1, 0.15) is 11.1 Å². The molecule has 0 N–H and O–H groups in total. The summed E-state index contributed by atoms with van der Waals surface area (Å²) in [5, 5.41) is 0.536. The maximum atomic E-state index is 5.95. The molecule has 2 heterocycles. The van der Waals surface area contributed by atoms with Crippen LogP contribution in [0.25, 0.3) is 0 Å². The van der Waals surface area contributed by atoms with Crippen LogP contribution in [0.15, 0.2) is 36.5 Å². The molecule has 19 heavy (non-hydrogen) atoms. The number of rotatable bonds is 2. The van der Waals surface area contributed by atoms with Crippen molar-refractivity contribution in [2.24, 2.45) is 0 Å². The minimum atomic E-state index is 0.536. The van der Waals surface area contributed by atoms with Crippen molar-refractivity contribution in [2.45, 2.75) is 13.0 Å². The number of pyridine rings is 1. The van der Waals surface area contributed by atoms with Gasteiger partial charge in [0.25, 0.3) is 0 Å². The fourth-order valence-electron chi connectivity index (χ4n) is 2.57. The van der Waals surface area contributed by atoms with Crippen molar-refractivity contribution < 1.29 is 4.74 Å². The monoisotopic (exact) mass is 274 g/mol. The van der Waals surface area contributed by atoms with Crippen LogP contribution in [-0.4, -0.2) is 18.6 Å². The number of aromatic nitrogens is 1. The van der Waals surface area contributed by atoms with E-state index in [9.17, 15) is 0 Å². The summed E-state index contributed by atoms with van der Waals surface area (Å²) in [6, 6.07) is 10.1. The molecule has 0 fully saturated rings. The Morgan fingerprint density at radius 2 is 2.21 bits per heavy atom. The van der Waals surface area contributed by atoms with Crippen molar-refractivity contribution in [2.75, 3.05) is 18.6 Å². The number of halogens is 1. The maximum absolute atomic E-state index is 5.95. The number of hydrogen-bond acceptors (Lipinski definition) is 3. The number of benzene rings is 1. The first-order chi connectivity index (χ1) is 9.28. The van der Waals surface area contributed by atoms with E-state index in [1.807, 2.05) is 24.3 Å². The summed E-state index contributed by atoms with van der Waals surface area (Å²) >= 11 is 5.95. The van der Waals surface area contributed by atoms with Gasteiger partial charge in [-0.15, -0.1) is 0 Å². The lowest BCUT2D eigenvalue weighted by Gasteiger charge is -2.31. The summed E-state index contributed by atoms with van der Waals surface area (Å²) in [5.41, 5.74) is 3.76. The van der Waals surface area contributed by atoms with E-state index in [2.05, 4.69) is 16.0 Å². The van der Waals surface area contributed by atoms with E-state index in [1.54, 1.807) is 13.3 Å². The van der Waals surface area contributed by atoms with Gasteiger partial charge in [0.05, 0.1) is 7.11 Å². The highest BCUT2D eigenvalue weighted by atomic mass is 35.5. The number of anilines is 1. The van der Waals surface area contributed by atoms with Gasteiger partial charge in [0, 0.05) is 30.5 Å². The quantitative estimate of drug-likeness (QED) is 0.786. The van der Waals surface area contributed by atoms with Gasteiger partial charge in [-0.1, -0.05) is 23.7 Å². The van der Waals surface area contributed by atoms with Gasteiger partial charge in [0.1, 0.15) is 10.9 Å². The summed E-state index contributed by atoms with van der Waals surface area (Å²) in [6.45, 7) is 1.85. The number of ether oxygens (including phenoxy) is 1. The van der Waals surface area contributed by atoms with Crippen LogP contribution in [0, 0.1) is 0 Å². The Bertz CT molecular complexity index is 600. The van der Waals surface area contributed by atoms with Crippen LogP contribution in [0.5, 0.6) is 5.75 Å². The normalized spacial score (nSPS) is 14.1. The third-order valence-electron chi connectivity index (χ3n) is 3.52. The van der Waals surface area contributed by atoms with Crippen LogP contribution in [0.2, 0.25) is 5.15 Å². The van der Waals surface area contributed by atoms with Gasteiger partial charge in [-0.2, -0.15) is 0 Å². The van der Waals surface area contributed by atoms with E-state index in [4.69, 9.17) is 16.3 Å². The van der Waals surface area contributed by atoms with Crippen molar-refractivity contribution >= 4 is 17.3 Å². The number of fused-ring (bicyclic) bond motifs is 1. The predicted molar refractivity (Wildman–Crippen MR) is 77.0 cm³/mol. The van der Waals surface area contributed by atoms with Crippen LogP contribution >= 0.6 is 11.6 Å². The second-order valence-electron chi connectivity index (χ2n) is 4.61. The molecule has 0 saturated carbocycles. The van der Waals surface area contributed by atoms with E-state index in [0.29, 0.717) is 5.15 Å². The molecule has 2 aromatic rings. The van der Waals surface area contributed by atoms with Gasteiger partial charge >= 0.3 is 0 Å². The molecule has 0 atom stereocenters. The van der Waals surface area contributed by atoms with Crippen LogP contribution in [-0.2, 0) is 13.0 Å². The molecule has 98 valence electrons. The fourth-order valence-corrected chi connectivity index (χ4v) is 2.74. The summed E-state index contributed by atoms with van der Waals surface area (Å²) < 4.78 is 5.42. The van der Waals surface area contributed by atoms with Crippen molar-refractivity contribution in [3.63, 3.8) is 0 Å². The van der Waals surface area contributed by atoms with Crippen LogP contribution in [0.3, 0.4) is 0 Å². The molecule has 3 nitrogen and oxygen atoms in total. The van der Waals surface area contributed by atoms with E-state index in [1.165, 1.54) is 11.1 Å². The molecular weight excluding hydrogens is 260 g/mol. The fraction of sp³-hybridized carbons (Fsp3) is 0.267. The highest BCUT2D eigenvalue weighted by Crippen LogP contribution is 2.30. The molecule has 0 spiro atoms. The Morgan fingerprint density at radius 3 is 3.00 bits per heavy atom. The zero-order valence-electron chi connectivity index (χ0n) is 10.8. The van der Waals surface area contributed by atoms with Gasteiger partial charge in [-0.3, -0.25) is 0 Å². The molecular formula is C15H15ClN2O. The molecule has 4 heteroatoms. The maximum Gasteiger partial charge on any atom is 0.131 e. The summed E-state index contributed by atoms with van der Waals surface area (Å²) in [5.74, 6) is 0.991. The Morgan fingerprint density at radius 1 is 1.32 bits per heavy atom. The van der Waals surface area contributed by atoms with E-state index < -0.39 is 0 Å². The number of hydrogen-bond donors (Lipinski definition) is 0. The van der Waals surface area contributed by atoms with Gasteiger partial charge in [-0.05, 0) is 30.2 Å². The Labute approximate surface area is 117 Å². The SMILES string of the molecule is COc1cccc2c1CCN(c1ccnc(Cl)c1)C2. The first kappa shape index (κ1) is 12.3. The molecule has 0 bridgehead atoms. The minimum absolute atomic E-state index is 0.536. The molecule has 0 saturated heterocycles. The van der Waals surface area contributed by atoms with Gasteiger partial charge in [0.2, 0.25) is 0 Å². The van der Waals surface area contributed by atoms with Crippen LogP contribution < -0.4 is 9.64 Å². The standard InChI is InChI=1S/C15H15ClN2O/c1-19-14-4-2-3-11-10-18(8-6-13(11)14)12-5-7-17-15(16)9-12/h2-5,7,9H,6,8,10H2,1H3. The largest absolute Gasteiger partial charge is 0.496 e. The average Bonchev–Trinajstić information content (AvgIpc) is 2.46. The van der Waals surface area contributed by atoms with Gasteiger partial charge in [0.15, 0.2) is 0 Å².